The molecule has 1 fully saturated rings. The number of alkyl halides is 2. The topological polar surface area (TPSA) is 61.9 Å². The van der Waals surface area contributed by atoms with E-state index in [9.17, 15) is 18.4 Å². The quantitative estimate of drug-likeness (QED) is 0.672. The van der Waals surface area contributed by atoms with Gasteiger partial charge in [0.25, 0.3) is 0 Å². The van der Waals surface area contributed by atoms with Gasteiger partial charge in [-0.1, -0.05) is 29.8 Å². The van der Waals surface area contributed by atoms with E-state index in [1.165, 1.54) is 18.2 Å². The van der Waals surface area contributed by atoms with Crippen LogP contribution in [0.25, 0.3) is 6.08 Å². The van der Waals surface area contributed by atoms with Crippen molar-refractivity contribution in [2.45, 2.75) is 13.0 Å². The van der Waals surface area contributed by atoms with E-state index in [0.717, 1.165) is 0 Å². The highest BCUT2D eigenvalue weighted by molar-refractivity contribution is 6.30. The number of ether oxygens (including phenoxy) is 1. The van der Waals surface area contributed by atoms with Crippen LogP contribution in [0.4, 0.5) is 19.3 Å². The maximum atomic E-state index is 12.6. The molecule has 164 valence electrons. The van der Waals surface area contributed by atoms with Gasteiger partial charge in [-0.25, -0.2) is 4.79 Å². The third-order valence-electron chi connectivity index (χ3n) is 4.73. The van der Waals surface area contributed by atoms with Gasteiger partial charge in [0.05, 0.1) is 0 Å². The molecule has 1 heterocycles. The number of benzene rings is 2. The summed E-state index contributed by atoms with van der Waals surface area (Å²) in [5, 5.41) is 3.40. The lowest BCUT2D eigenvalue weighted by Gasteiger charge is -2.22. The molecule has 0 atom stereocenters. The summed E-state index contributed by atoms with van der Waals surface area (Å²) in [6, 6.07) is 12.8. The second kappa shape index (κ2) is 10.8. The predicted molar refractivity (Wildman–Crippen MR) is 115 cm³/mol. The van der Waals surface area contributed by atoms with Crippen LogP contribution in [0.3, 0.4) is 0 Å². The monoisotopic (exact) mass is 449 g/mol. The lowest BCUT2D eigenvalue weighted by atomic mass is 10.2. The predicted octanol–water partition coefficient (Wildman–Crippen LogP) is 4.72. The maximum absolute atomic E-state index is 12.6. The van der Waals surface area contributed by atoms with Crippen LogP contribution in [0.2, 0.25) is 5.02 Å². The van der Waals surface area contributed by atoms with Crippen LogP contribution in [0, 0.1) is 0 Å². The van der Waals surface area contributed by atoms with Crippen LogP contribution in [-0.4, -0.2) is 54.5 Å². The van der Waals surface area contributed by atoms with Crippen molar-refractivity contribution in [3.8, 4) is 5.75 Å². The number of hydrogen-bond donors (Lipinski definition) is 1. The summed E-state index contributed by atoms with van der Waals surface area (Å²) in [4.78, 5) is 28.4. The molecule has 1 saturated heterocycles. The zero-order chi connectivity index (χ0) is 22.2. The first kappa shape index (κ1) is 22.6. The van der Waals surface area contributed by atoms with Crippen molar-refractivity contribution < 1.29 is 23.1 Å². The summed E-state index contributed by atoms with van der Waals surface area (Å²) >= 11 is 5.85. The third kappa shape index (κ3) is 6.68. The molecule has 2 aromatic carbocycles. The molecule has 0 aromatic heterocycles. The molecule has 6 nitrogen and oxygen atoms in total. The Balaban J connectivity index is 1.56. The highest BCUT2D eigenvalue weighted by Gasteiger charge is 2.21. The van der Waals surface area contributed by atoms with E-state index in [1.54, 1.807) is 52.3 Å². The zero-order valence-electron chi connectivity index (χ0n) is 16.6. The first-order valence-electron chi connectivity index (χ1n) is 9.75. The Morgan fingerprint density at radius 3 is 2.42 bits per heavy atom. The zero-order valence-corrected chi connectivity index (χ0v) is 17.4. The Morgan fingerprint density at radius 2 is 1.68 bits per heavy atom. The van der Waals surface area contributed by atoms with Crippen LogP contribution in [0.5, 0.6) is 5.75 Å². The molecule has 3 amide bonds. The lowest BCUT2D eigenvalue weighted by molar-refractivity contribution is -0.125. The number of amides is 3. The molecule has 0 spiro atoms. The average Bonchev–Trinajstić information content (AvgIpc) is 3.01. The van der Waals surface area contributed by atoms with E-state index in [1.807, 2.05) is 0 Å². The van der Waals surface area contributed by atoms with Crippen LogP contribution >= 0.6 is 11.6 Å². The number of para-hydroxylation sites is 1. The second-order valence-electron chi connectivity index (χ2n) is 6.85. The molecule has 0 saturated carbocycles. The molecular formula is C22H22ClF2N3O3. The van der Waals surface area contributed by atoms with Crippen LogP contribution in [0.15, 0.2) is 54.6 Å². The molecule has 1 aliphatic rings. The normalized spacial score (nSPS) is 14.6. The van der Waals surface area contributed by atoms with Crippen molar-refractivity contribution in [1.82, 2.24) is 9.80 Å². The number of nitrogens with zero attached hydrogens (tertiary/aromatic N) is 2. The van der Waals surface area contributed by atoms with Gasteiger partial charge in [0.15, 0.2) is 0 Å². The number of urea groups is 1. The van der Waals surface area contributed by atoms with E-state index in [4.69, 9.17) is 11.6 Å². The van der Waals surface area contributed by atoms with Gasteiger partial charge in [-0.05, 0) is 42.8 Å². The summed E-state index contributed by atoms with van der Waals surface area (Å²) < 4.78 is 29.5. The first-order valence-corrected chi connectivity index (χ1v) is 10.1. The smallest absolute Gasteiger partial charge is 0.387 e. The van der Waals surface area contributed by atoms with Crippen molar-refractivity contribution >= 4 is 35.3 Å². The fourth-order valence-electron chi connectivity index (χ4n) is 3.16. The van der Waals surface area contributed by atoms with Gasteiger partial charge < -0.3 is 19.9 Å². The van der Waals surface area contributed by atoms with Crippen molar-refractivity contribution in [3.05, 3.63) is 65.2 Å². The Hall–Kier alpha value is -3.13. The second-order valence-corrected chi connectivity index (χ2v) is 7.29. The summed E-state index contributed by atoms with van der Waals surface area (Å²) in [7, 11) is 0. The third-order valence-corrected chi connectivity index (χ3v) is 4.98. The molecule has 3 rings (SSSR count). The highest BCUT2D eigenvalue weighted by Crippen LogP contribution is 2.22. The van der Waals surface area contributed by atoms with E-state index >= 15 is 0 Å². The van der Waals surface area contributed by atoms with Crippen molar-refractivity contribution in [1.29, 1.82) is 0 Å². The maximum Gasteiger partial charge on any atom is 0.387 e. The minimum atomic E-state index is -2.94. The number of anilines is 1. The standard InChI is InChI=1S/C22H22ClF2N3O3/c23-17-7-9-18(10-8-17)26-22(30)28-13-3-12-27(14-15-28)20(29)11-6-16-4-1-2-5-19(16)31-21(24)25/h1-2,4-11,21H,3,12-15H2,(H,26,30)/b11-6+. The molecule has 1 N–H and O–H groups in total. The largest absolute Gasteiger partial charge is 0.434 e. The van der Waals surface area contributed by atoms with Gasteiger partial charge in [0, 0.05) is 48.5 Å². The van der Waals surface area contributed by atoms with Crippen molar-refractivity contribution in [2.75, 3.05) is 31.5 Å². The summed E-state index contributed by atoms with van der Waals surface area (Å²) in [5.74, 6) is -0.255. The van der Waals surface area contributed by atoms with E-state index in [0.29, 0.717) is 48.9 Å². The minimum absolute atomic E-state index is 0.00228. The Labute approximate surface area is 184 Å². The van der Waals surface area contributed by atoms with Gasteiger partial charge in [-0.2, -0.15) is 8.78 Å². The van der Waals surface area contributed by atoms with Crippen molar-refractivity contribution in [2.24, 2.45) is 0 Å². The van der Waals surface area contributed by atoms with Crippen LogP contribution in [0.1, 0.15) is 12.0 Å². The highest BCUT2D eigenvalue weighted by atomic mass is 35.5. The fraction of sp³-hybridized carbons (Fsp3) is 0.273. The Bertz CT molecular complexity index is 938. The van der Waals surface area contributed by atoms with Gasteiger partial charge in [0.1, 0.15) is 5.75 Å². The summed E-state index contributed by atoms with van der Waals surface area (Å²) in [5.41, 5.74) is 1.02. The number of rotatable bonds is 5. The lowest BCUT2D eigenvalue weighted by Crippen LogP contribution is -2.39. The van der Waals surface area contributed by atoms with E-state index < -0.39 is 6.61 Å². The van der Waals surface area contributed by atoms with Gasteiger partial charge in [-0.3, -0.25) is 4.79 Å². The number of carbonyl (C=O) groups excluding carboxylic acids is 2. The molecule has 2 aromatic rings. The summed E-state index contributed by atoms with van der Waals surface area (Å²) in [6.07, 6.45) is 3.41. The van der Waals surface area contributed by atoms with Crippen LogP contribution < -0.4 is 10.1 Å². The Kier molecular flexibility index (Phi) is 7.83. The van der Waals surface area contributed by atoms with Gasteiger partial charge >= 0.3 is 12.6 Å². The SMILES string of the molecule is O=C(/C=C/c1ccccc1OC(F)F)N1CCCN(C(=O)Nc2ccc(Cl)cc2)CC1. The molecule has 1 aliphatic heterocycles. The van der Waals surface area contributed by atoms with Crippen LogP contribution in [-0.2, 0) is 4.79 Å². The average molecular weight is 450 g/mol. The van der Waals surface area contributed by atoms with Gasteiger partial charge in [0.2, 0.25) is 5.91 Å². The molecule has 0 unspecified atom stereocenters. The molecule has 0 aliphatic carbocycles. The number of hydrogen-bond acceptors (Lipinski definition) is 3. The summed E-state index contributed by atoms with van der Waals surface area (Å²) in [6.45, 7) is -1.20. The number of halogens is 3. The number of carbonyl (C=O) groups is 2. The molecule has 0 bridgehead atoms. The fourth-order valence-corrected chi connectivity index (χ4v) is 3.29. The molecular weight excluding hydrogens is 428 g/mol. The van der Waals surface area contributed by atoms with E-state index in [2.05, 4.69) is 10.1 Å². The number of nitrogens with one attached hydrogen (secondary N) is 1. The molecule has 0 radical (unpaired) electrons. The van der Waals surface area contributed by atoms with Gasteiger partial charge in [-0.15, -0.1) is 0 Å². The molecule has 31 heavy (non-hydrogen) atoms. The molecule has 9 heteroatoms. The van der Waals surface area contributed by atoms with Crippen molar-refractivity contribution in [3.63, 3.8) is 0 Å². The first-order chi connectivity index (χ1) is 14.9. The minimum Gasteiger partial charge on any atom is -0.434 e. The Morgan fingerprint density at radius 1 is 1.00 bits per heavy atom. The van der Waals surface area contributed by atoms with E-state index in [-0.39, 0.29) is 17.7 Å².